The molecule has 2 aromatic rings. The number of aromatic amines is 1. The van der Waals surface area contributed by atoms with Gasteiger partial charge in [-0.2, -0.15) is 5.10 Å². The Labute approximate surface area is 136 Å². The Morgan fingerprint density at radius 1 is 1.39 bits per heavy atom. The number of nitrogens with one attached hydrogen (secondary N) is 1. The smallest absolute Gasteiger partial charge is 0.223 e. The molecule has 23 heavy (non-hydrogen) atoms. The van der Waals surface area contributed by atoms with Gasteiger partial charge in [0.25, 0.3) is 0 Å². The van der Waals surface area contributed by atoms with E-state index in [4.69, 9.17) is 4.74 Å². The molecule has 1 N–H and O–H groups in total. The summed E-state index contributed by atoms with van der Waals surface area (Å²) in [6.45, 7) is 6.65. The highest BCUT2D eigenvalue weighted by atomic mass is 16.5. The van der Waals surface area contributed by atoms with Crippen LogP contribution in [0.3, 0.4) is 0 Å². The van der Waals surface area contributed by atoms with Gasteiger partial charge < -0.3 is 14.2 Å². The van der Waals surface area contributed by atoms with Crippen molar-refractivity contribution in [3.8, 4) is 0 Å². The van der Waals surface area contributed by atoms with Gasteiger partial charge in [0.2, 0.25) is 5.91 Å². The third-order valence-corrected chi connectivity index (χ3v) is 4.44. The van der Waals surface area contributed by atoms with E-state index in [-0.39, 0.29) is 11.9 Å². The number of amides is 1. The molecule has 1 fully saturated rings. The number of nitrogens with zero attached hydrogens (tertiary/aromatic N) is 3. The van der Waals surface area contributed by atoms with Crippen molar-refractivity contribution >= 4 is 5.91 Å². The molecular formula is C17H24N4O2. The Hall–Kier alpha value is -2.08. The van der Waals surface area contributed by atoms with Crippen molar-refractivity contribution in [2.75, 3.05) is 19.8 Å². The number of ether oxygens (including phenoxy) is 1. The summed E-state index contributed by atoms with van der Waals surface area (Å²) in [5.41, 5.74) is 3.06. The molecule has 1 unspecified atom stereocenters. The van der Waals surface area contributed by atoms with Crippen LogP contribution in [0.5, 0.6) is 0 Å². The third-order valence-electron chi connectivity index (χ3n) is 4.44. The number of H-pyrrole nitrogens is 1. The third kappa shape index (κ3) is 3.47. The van der Waals surface area contributed by atoms with Crippen LogP contribution in [-0.4, -0.2) is 45.3 Å². The first-order chi connectivity index (χ1) is 11.2. The predicted molar refractivity (Wildman–Crippen MR) is 87.0 cm³/mol. The van der Waals surface area contributed by atoms with Crippen LogP contribution in [0.2, 0.25) is 0 Å². The lowest BCUT2D eigenvalue weighted by molar-refractivity contribution is -0.140. The largest absolute Gasteiger partial charge is 0.377 e. The maximum absolute atomic E-state index is 12.7. The summed E-state index contributed by atoms with van der Waals surface area (Å²) < 4.78 is 7.73. The van der Waals surface area contributed by atoms with E-state index in [9.17, 15) is 4.79 Å². The van der Waals surface area contributed by atoms with Crippen molar-refractivity contribution in [2.45, 2.75) is 39.3 Å². The first-order valence-electron chi connectivity index (χ1n) is 8.16. The summed E-state index contributed by atoms with van der Waals surface area (Å²) in [6.07, 6.45) is 5.46. The second-order valence-electron chi connectivity index (χ2n) is 6.05. The van der Waals surface area contributed by atoms with Crippen molar-refractivity contribution in [1.82, 2.24) is 19.7 Å². The Balaban J connectivity index is 1.65. The van der Waals surface area contributed by atoms with E-state index in [1.54, 1.807) is 0 Å². The van der Waals surface area contributed by atoms with Crippen molar-refractivity contribution in [3.05, 3.63) is 41.5 Å². The van der Waals surface area contributed by atoms with E-state index in [1.807, 2.05) is 43.3 Å². The summed E-state index contributed by atoms with van der Waals surface area (Å²) in [4.78, 5) is 14.6. The number of rotatable bonds is 5. The Bertz CT molecular complexity index is 628. The zero-order chi connectivity index (χ0) is 16.2. The van der Waals surface area contributed by atoms with Gasteiger partial charge in [-0.15, -0.1) is 0 Å². The van der Waals surface area contributed by atoms with Crippen molar-refractivity contribution in [3.63, 3.8) is 0 Å². The van der Waals surface area contributed by atoms with Gasteiger partial charge in [-0.05, 0) is 32.4 Å². The minimum atomic E-state index is -0.0263. The van der Waals surface area contributed by atoms with Gasteiger partial charge in [-0.3, -0.25) is 9.89 Å². The van der Waals surface area contributed by atoms with Crippen LogP contribution in [0.4, 0.5) is 0 Å². The van der Waals surface area contributed by atoms with Crippen LogP contribution >= 0.6 is 0 Å². The number of aromatic nitrogens is 3. The first-order valence-corrected chi connectivity index (χ1v) is 8.16. The fourth-order valence-corrected chi connectivity index (χ4v) is 3.27. The van der Waals surface area contributed by atoms with Gasteiger partial charge in [-0.1, -0.05) is 0 Å². The van der Waals surface area contributed by atoms with Crippen molar-refractivity contribution in [2.24, 2.45) is 0 Å². The average molecular weight is 316 g/mol. The topological polar surface area (TPSA) is 63.1 Å². The van der Waals surface area contributed by atoms with Crippen LogP contribution < -0.4 is 0 Å². The normalized spacial score (nSPS) is 18.3. The summed E-state index contributed by atoms with van der Waals surface area (Å²) in [5.74, 6) is 0.199. The van der Waals surface area contributed by atoms with Gasteiger partial charge in [0, 0.05) is 43.2 Å². The van der Waals surface area contributed by atoms with Crippen LogP contribution in [0.15, 0.2) is 24.5 Å². The Kier molecular flexibility index (Phi) is 4.81. The molecule has 1 atom stereocenters. The highest BCUT2D eigenvalue weighted by molar-refractivity contribution is 5.77. The number of carbonyl (C=O) groups excluding carboxylic acids is 1. The van der Waals surface area contributed by atoms with Gasteiger partial charge in [0.1, 0.15) is 0 Å². The van der Waals surface area contributed by atoms with Crippen molar-refractivity contribution in [1.29, 1.82) is 0 Å². The standard InChI is InChI=1S/C17H24N4O2/c1-13-17(14(2)19-18-13)15-12-23-11-10-21(15)16(22)6-5-9-20-7-3-4-8-20/h3-4,7-8,15H,5-6,9-12H2,1-2H3,(H,18,19). The molecule has 0 saturated carbocycles. The Morgan fingerprint density at radius 2 is 2.17 bits per heavy atom. The van der Waals surface area contributed by atoms with Gasteiger partial charge in [-0.25, -0.2) is 0 Å². The molecule has 124 valence electrons. The zero-order valence-corrected chi connectivity index (χ0v) is 13.8. The molecule has 0 aromatic carbocycles. The zero-order valence-electron chi connectivity index (χ0n) is 13.8. The second-order valence-corrected chi connectivity index (χ2v) is 6.05. The van der Waals surface area contributed by atoms with E-state index in [2.05, 4.69) is 14.8 Å². The molecule has 3 heterocycles. The predicted octanol–water partition coefficient (Wildman–Crippen LogP) is 2.21. The molecule has 1 amide bonds. The van der Waals surface area contributed by atoms with Crippen LogP contribution in [0.25, 0.3) is 0 Å². The summed E-state index contributed by atoms with van der Waals surface area (Å²) in [6, 6.07) is 3.98. The first kappa shape index (κ1) is 15.8. The summed E-state index contributed by atoms with van der Waals surface area (Å²) >= 11 is 0. The van der Waals surface area contributed by atoms with Gasteiger partial charge in [0.15, 0.2) is 0 Å². The lowest BCUT2D eigenvalue weighted by Gasteiger charge is -2.36. The molecular weight excluding hydrogens is 292 g/mol. The van der Waals surface area contributed by atoms with Crippen LogP contribution in [-0.2, 0) is 16.1 Å². The fraction of sp³-hybridized carbons (Fsp3) is 0.529. The van der Waals surface area contributed by atoms with E-state index in [0.717, 1.165) is 29.9 Å². The lowest BCUT2D eigenvalue weighted by atomic mass is 10.0. The molecule has 1 aliphatic heterocycles. The molecule has 1 aliphatic rings. The number of hydrogen-bond acceptors (Lipinski definition) is 3. The van der Waals surface area contributed by atoms with Crippen molar-refractivity contribution < 1.29 is 9.53 Å². The number of carbonyl (C=O) groups is 1. The molecule has 3 rings (SSSR count). The van der Waals surface area contributed by atoms with Crippen LogP contribution in [0.1, 0.15) is 35.8 Å². The highest BCUT2D eigenvalue weighted by Gasteiger charge is 2.31. The van der Waals surface area contributed by atoms with E-state index < -0.39 is 0 Å². The molecule has 0 bridgehead atoms. The average Bonchev–Trinajstić information content (AvgIpc) is 3.17. The molecule has 0 spiro atoms. The minimum Gasteiger partial charge on any atom is -0.377 e. The maximum atomic E-state index is 12.7. The molecule has 0 aliphatic carbocycles. The molecule has 6 nitrogen and oxygen atoms in total. The summed E-state index contributed by atoms with van der Waals surface area (Å²) in [5, 5.41) is 7.27. The van der Waals surface area contributed by atoms with Gasteiger partial charge in [0.05, 0.1) is 24.9 Å². The number of aryl methyl sites for hydroxylation is 3. The quantitative estimate of drug-likeness (QED) is 0.920. The van der Waals surface area contributed by atoms with E-state index in [1.165, 1.54) is 0 Å². The fourth-order valence-electron chi connectivity index (χ4n) is 3.27. The second kappa shape index (κ2) is 7.00. The molecule has 2 aromatic heterocycles. The molecule has 6 heteroatoms. The molecule has 1 saturated heterocycles. The van der Waals surface area contributed by atoms with E-state index in [0.29, 0.717) is 26.2 Å². The van der Waals surface area contributed by atoms with Gasteiger partial charge >= 0.3 is 0 Å². The lowest BCUT2D eigenvalue weighted by Crippen LogP contribution is -2.43. The van der Waals surface area contributed by atoms with Crippen LogP contribution in [0, 0.1) is 13.8 Å². The highest BCUT2D eigenvalue weighted by Crippen LogP contribution is 2.29. The maximum Gasteiger partial charge on any atom is 0.223 e. The Morgan fingerprint density at radius 3 is 2.87 bits per heavy atom. The monoisotopic (exact) mass is 316 g/mol. The number of morpholine rings is 1. The minimum absolute atomic E-state index is 0.0263. The SMILES string of the molecule is Cc1n[nH]c(C)c1C1COCCN1C(=O)CCCn1cccc1. The van der Waals surface area contributed by atoms with E-state index >= 15 is 0 Å². The molecule has 0 radical (unpaired) electrons. The number of hydrogen-bond donors (Lipinski definition) is 1. The summed E-state index contributed by atoms with van der Waals surface area (Å²) in [7, 11) is 0.